The minimum absolute atomic E-state index is 0.171. The van der Waals surface area contributed by atoms with Gasteiger partial charge in [-0.2, -0.15) is 0 Å². The molecule has 0 fully saturated rings. The first-order valence-electron chi connectivity index (χ1n) is 8.10. The highest BCUT2D eigenvalue weighted by Crippen LogP contribution is 2.09. The number of aryl methyl sites for hydroxylation is 1. The molecular weight excluding hydrogens is 326 g/mol. The van der Waals surface area contributed by atoms with Gasteiger partial charge in [-0.15, -0.1) is 0 Å². The topological polar surface area (TPSA) is 64.1 Å². The number of nitrogens with zero attached hydrogens (tertiary/aromatic N) is 2. The second-order valence-electron chi connectivity index (χ2n) is 4.15. The number of benzene rings is 1. The second-order valence-corrected chi connectivity index (χ2v) is 4.59. The van der Waals surface area contributed by atoms with Gasteiger partial charge in [-0.3, -0.25) is 4.79 Å². The average Bonchev–Trinajstić information content (AvgIpc) is 2.64. The molecule has 0 atom stereocenters. The zero-order chi connectivity index (χ0) is 18.4. The molecule has 2 rings (SSSR count). The second kappa shape index (κ2) is 13.3. The van der Waals surface area contributed by atoms with Crippen LogP contribution in [-0.2, 0) is 0 Å². The number of carbonyl (C=O) groups excluding carboxylic acids is 1. The van der Waals surface area contributed by atoms with Gasteiger partial charge in [0.2, 0.25) is 0 Å². The number of amides is 1. The molecule has 6 heteroatoms. The van der Waals surface area contributed by atoms with Gasteiger partial charge >= 0.3 is 6.01 Å². The Morgan fingerprint density at radius 1 is 1.08 bits per heavy atom. The van der Waals surface area contributed by atoms with E-state index < -0.39 is 0 Å². The minimum Gasteiger partial charge on any atom is -0.462 e. The zero-order valence-corrected chi connectivity index (χ0v) is 15.7. The SMILES string of the molecule is CC.CC.Cc1cnc(OCCNC(=O)c2ccc(Cl)cc2)nc1. The van der Waals surface area contributed by atoms with Crippen molar-refractivity contribution in [3.8, 4) is 6.01 Å². The van der Waals surface area contributed by atoms with Crippen LogP contribution in [0.4, 0.5) is 0 Å². The van der Waals surface area contributed by atoms with Crippen LogP contribution in [0.5, 0.6) is 6.01 Å². The van der Waals surface area contributed by atoms with Crippen LogP contribution in [0.25, 0.3) is 0 Å². The molecule has 0 saturated heterocycles. The number of hydrogen-bond acceptors (Lipinski definition) is 4. The van der Waals surface area contributed by atoms with Crippen molar-refractivity contribution in [2.45, 2.75) is 34.6 Å². The molecular formula is C18H26ClN3O2. The Bertz CT molecular complexity index is 572. The molecule has 24 heavy (non-hydrogen) atoms. The Hall–Kier alpha value is -2.14. The quantitative estimate of drug-likeness (QED) is 0.816. The number of carbonyl (C=O) groups is 1. The van der Waals surface area contributed by atoms with E-state index in [4.69, 9.17) is 16.3 Å². The van der Waals surface area contributed by atoms with Crippen LogP contribution in [0.2, 0.25) is 5.02 Å². The number of nitrogens with one attached hydrogen (secondary N) is 1. The van der Waals surface area contributed by atoms with Crippen LogP contribution < -0.4 is 10.1 Å². The third kappa shape index (κ3) is 8.48. The first-order chi connectivity index (χ1) is 11.6. The molecule has 0 saturated carbocycles. The van der Waals surface area contributed by atoms with Crippen LogP contribution in [-0.4, -0.2) is 29.0 Å². The molecule has 1 aromatic heterocycles. The Labute approximate surface area is 149 Å². The summed E-state index contributed by atoms with van der Waals surface area (Å²) < 4.78 is 5.31. The van der Waals surface area contributed by atoms with Crippen LogP contribution in [0, 0.1) is 6.92 Å². The highest BCUT2D eigenvalue weighted by Gasteiger charge is 2.04. The van der Waals surface area contributed by atoms with Crippen LogP contribution in [0.3, 0.4) is 0 Å². The lowest BCUT2D eigenvalue weighted by Gasteiger charge is -2.06. The van der Waals surface area contributed by atoms with Gasteiger partial charge in [0.1, 0.15) is 6.61 Å². The number of ether oxygens (including phenoxy) is 1. The molecule has 1 amide bonds. The van der Waals surface area contributed by atoms with E-state index in [0.29, 0.717) is 29.7 Å². The fourth-order valence-corrected chi connectivity index (χ4v) is 1.59. The van der Waals surface area contributed by atoms with Gasteiger partial charge in [-0.25, -0.2) is 9.97 Å². The van der Waals surface area contributed by atoms with Gasteiger partial charge in [0, 0.05) is 23.0 Å². The first-order valence-corrected chi connectivity index (χ1v) is 8.48. The molecule has 0 spiro atoms. The predicted octanol–water partition coefficient (Wildman–Crippen LogP) is 4.30. The molecule has 132 valence electrons. The van der Waals surface area contributed by atoms with Crippen LogP contribution >= 0.6 is 11.6 Å². The molecule has 1 heterocycles. The van der Waals surface area contributed by atoms with Gasteiger partial charge in [-0.1, -0.05) is 39.3 Å². The van der Waals surface area contributed by atoms with E-state index in [1.165, 1.54) is 0 Å². The number of rotatable bonds is 5. The van der Waals surface area contributed by atoms with Crippen molar-refractivity contribution >= 4 is 17.5 Å². The van der Waals surface area contributed by atoms with E-state index in [-0.39, 0.29) is 5.91 Å². The molecule has 0 aliphatic carbocycles. The smallest absolute Gasteiger partial charge is 0.316 e. The van der Waals surface area contributed by atoms with Crippen molar-refractivity contribution in [2.75, 3.05) is 13.2 Å². The van der Waals surface area contributed by atoms with E-state index in [1.54, 1.807) is 36.7 Å². The summed E-state index contributed by atoms with van der Waals surface area (Å²) in [5.74, 6) is -0.171. The fourth-order valence-electron chi connectivity index (χ4n) is 1.47. The molecule has 0 bridgehead atoms. The van der Waals surface area contributed by atoms with Gasteiger partial charge < -0.3 is 10.1 Å². The molecule has 2 aromatic rings. The molecule has 5 nitrogen and oxygen atoms in total. The summed E-state index contributed by atoms with van der Waals surface area (Å²) in [5, 5.41) is 3.34. The van der Waals surface area contributed by atoms with Crippen molar-refractivity contribution in [1.29, 1.82) is 0 Å². The summed E-state index contributed by atoms with van der Waals surface area (Å²) in [5.41, 5.74) is 1.52. The average molecular weight is 352 g/mol. The van der Waals surface area contributed by atoms with E-state index in [2.05, 4.69) is 15.3 Å². The normalized spacial score (nSPS) is 8.92. The zero-order valence-electron chi connectivity index (χ0n) is 15.0. The number of aromatic nitrogens is 2. The number of hydrogen-bond donors (Lipinski definition) is 1. The van der Waals surface area contributed by atoms with Gasteiger partial charge in [0.15, 0.2) is 0 Å². The van der Waals surface area contributed by atoms with Gasteiger partial charge in [-0.05, 0) is 36.8 Å². The van der Waals surface area contributed by atoms with Crippen molar-refractivity contribution in [1.82, 2.24) is 15.3 Å². The minimum atomic E-state index is -0.171. The predicted molar refractivity (Wildman–Crippen MR) is 98.7 cm³/mol. The van der Waals surface area contributed by atoms with Gasteiger partial charge in [0.05, 0.1) is 6.54 Å². The third-order valence-electron chi connectivity index (χ3n) is 2.48. The summed E-state index contributed by atoms with van der Waals surface area (Å²) in [6.45, 7) is 10.6. The lowest BCUT2D eigenvalue weighted by molar-refractivity contribution is 0.0946. The highest BCUT2D eigenvalue weighted by atomic mass is 35.5. The maximum absolute atomic E-state index is 11.8. The first kappa shape index (κ1) is 21.9. The molecule has 0 unspecified atom stereocenters. The van der Waals surface area contributed by atoms with E-state index in [1.807, 2.05) is 34.6 Å². The Balaban J connectivity index is 0.00000123. The third-order valence-corrected chi connectivity index (χ3v) is 2.73. The molecule has 1 N–H and O–H groups in total. The lowest BCUT2D eigenvalue weighted by atomic mass is 10.2. The highest BCUT2D eigenvalue weighted by molar-refractivity contribution is 6.30. The largest absolute Gasteiger partial charge is 0.462 e. The van der Waals surface area contributed by atoms with Crippen molar-refractivity contribution in [3.63, 3.8) is 0 Å². The van der Waals surface area contributed by atoms with Crippen LogP contribution in [0.15, 0.2) is 36.7 Å². The van der Waals surface area contributed by atoms with Gasteiger partial charge in [0.25, 0.3) is 5.91 Å². The maximum atomic E-state index is 11.8. The summed E-state index contributed by atoms with van der Waals surface area (Å²) in [4.78, 5) is 19.8. The van der Waals surface area contributed by atoms with Crippen molar-refractivity contribution < 1.29 is 9.53 Å². The van der Waals surface area contributed by atoms with E-state index in [0.717, 1.165) is 5.56 Å². The Kier molecular flexibility index (Phi) is 12.1. The maximum Gasteiger partial charge on any atom is 0.316 e. The van der Waals surface area contributed by atoms with E-state index >= 15 is 0 Å². The fraction of sp³-hybridized carbons (Fsp3) is 0.389. The number of halogens is 1. The molecule has 0 aliphatic rings. The summed E-state index contributed by atoms with van der Waals surface area (Å²) >= 11 is 5.76. The summed E-state index contributed by atoms with van der Waals surface area (Å²) in [6.07, 6.45) is 3.35. The molecule has 1 aromatic carbocycles. The summed E-state index contributed by atoms with van der Waals surface area (Å²) in [7, 11) is 0. The summed E-state index contributed by atoms with van der Waals surface area (Å²) in [6, 6.07) is 6.99. The molecule has 0 radical (unpaired) electrons. The Morgan fingerprint density at radius 3 is 2.17 bits per heavy atom. The van der Waals surface area contributed by atoms with Crippen LogP contribution in [0.1, 0.15) is 43.6 Å². The van der Waals surface area contributed by atoms with Crippen molar-refractivity contribution in [3.05, 3.63) is 52.8 Å². The van der Waals surface area contributed by atoms with E-state index in [9.17, 15) is 4.79 Å². The lowest BCUT2D eigenvalue weighted by Crippen LogP contribution is -2.28. The standard InChI is InChI=1S/C14H14ClN3O2.2C2H6/c1-10-8-17-14(18-9-10)20-7-6-16-13(19)11-2-4-12(15)5-3-11;2*1-2/h2-5,8-9H,6-7H2,1H3,(H,16,19);2*1-2H3. The molecule has 0 aliphatic heterocycles. The van der Waals surface area contributed by atoms with Crippen molar-refractivity contribution in [2.24, 2.45) is 0 Å². The monoisotopic (exact) mass is 351 g/mol. The Morgan fingerprint density at radius 2 is 1.62 bits per heavy atom.